The fourth-order valence-corrected chi connectivity index (χ4v) is 8.05. The molecule has 44 heavy (non-hydrogen) atoms. The minimum atomic E-state index is -4.05. The van der Waals surface area contributed by atoms with Crippen molar-refractivity contribution >= 4 is 69.1 Å². The summed E-state index contributed by atoms with van der Waals surface area (Å²) in [5, 5.41) is -0.0724. The molecule has 2 heterocycles. The molecule has 0 atom stereocenters. The average molecular weight is 673 g/mol. The predicted octanol–water partition coefficient (Wildman–Crippen LogP) is 7.60. The van der Waals surface area contributed by atoms with Gasteiger partial charge in [0.05, 0.1) is 13.2 Å². The summed E-state index contributed by atoms with van der Waals surface area (Å²) in [6, 6.07) is 20.7. The Kier molecular flexibility index (Phi) is 12.6. The van der Waals surface area contributed by atoms with Crippen LogP contribution in [0.15, 0.2) is 77.2 Å². The van der Waals surface area contributed by atoms with Crippen LogP contribution in [0, 0.1) is 5.92 Å². The lowest BCUT2D eigenvalue weighted by Gasteiger charge is -2.16. The largest absolute Gasteiger partial charge is 0.446 e. The summed E-state index contributed by atoms with van der Waals surface area (Å²) in [5.41, 5.74) is 7.26. The highest BCUT2D eigenvalue weighted by Gasteiger charge is 2.34. The maximum absolute atomic E-state index is 14.1. The van der Waals surface area contributed by atoms with Crippen LogP contribution in [0.25, 0.3) is 11.5 Å². The van der Waals surface area contributed by atoms with Crippen molar-refractivity contribution in [1.29, 1.82) is 0 Å². The Morgan fingerprint density at radius 1 is 0.864 bits per heavy atom. The number of carbonyl (C=O) groups is 3. The van der Waals surface area contributed by atoms with Crippen LogP contribution in [-0.2, 0) is 13.6 Å². The Bertz CT molecular complexity index is 1540. The van der Waals surface area contributed by atoms with E-state index < -0.39 is 7.60 Å². The van der Waals surface area contributed by atoms with Crippen molar-refractivity contribution in [3.8, 4) is 11.5 Å². The fraction of sp³-hybridized carbons (Fsp3) is 0.290. The second-order valence-electron chi connectivity index (χ2n) is 9.41. The maximum Gasteiger partial charge on any atom is 0.396 e. The molecule has 0 aliphatic rings. The Labute approximate surface area is 268 Å². The van der Waals surface area contributed by atoms with Crippen LogP contribution in [0.1, 0.15) is 57.1 Å². The molecule has 13 heteroatoms. The van der Waals surface area contributed by atoms with Crippen molar-refractivity contribution in [1.82, 2.24) is 4.98 Å². The highest BCUT2D eigenvalue weighted by molar-refractivity contribution is 8.14. The van der Waals surface area contributed by atoms with Gasteiger partial charge in [-0.15, -0.1) is 0 Å². The normalized spacial score (nSPS) is 11.6. The molecule has 0 spiro atoms. The Morgan fingerprint density at radius 3 is 1.89 bits per heavy atom. The van der Waals surface area contributed by atoms with Crippen LogP contribution < -0.4 is 11.2 Å². The minimum absolute atomic E-state index is 0.0747. The van der Waals surface area contributed by atoms with Gasteiger partial charge in [0.15, 0.2) is 16.7 Å². The van der Waals surface area contributed by atoms with E-state index in [0.717, 1.165) is 34.9 Å². The number of carbonyl (C=O) groups excluding carboxylic acids is 3. The van der Waals surface area contributed by atoms with Crippen molar-refractivity contribution in [3.63, 3.8) is 0 Å². The highest BCUT2D eigenvalue weighted by atomic mass is 32.2. The molecule has 2 N–H and O–H groups in total. The maximum atomic E-state index is 14.1. The zero-order chi connectivity index (χ0) is 31.5. The second kappa shape index (κ2) is 16.4. The van der Waals surface area contributed by atoms with Crippen LogP contribution in [-0.4, -0.2) is 45.7 Å². The molecule has 0 amide bonds. The molecule has 2 aromatic carbocycles. The van der Waals surface area contributed by atoms with E-state index in [1.807, 2.05) is 26.0 Å². The van der Waals surface area contributed by atoms with Gasteiger partial charge in [-0.3, -0.25) is 18.9 Å². The number of thiazole rings is 1. The van der Waals surface area contributed by atoms with Crippen molar-refractivity contribution in [3.05, 3.63) is 88.8 Å². The number of nitrogens with zero attached hydrogens (tertiary/aromatic N) is 1. The summed E-state index contributed by atoms with van der Waals surface area (Å²) in [7, 11) is -4.05. The van der Waals surface area contributed by atoms with Gasteiger partial charge in [0, 0.05) is 28.6 Å². The van der Waals surface area contributed by atoms with E-state index in [1.54, 1.807) is 54.6 Å². The molecule has 0 unspecified atom stereocenters. The molecule has 232 valence electrons. The number of hydrogen-bond acceptors (Lipinski definition) is 12. The third-order valence-electron chi connectivity index (χ3n) is 6.49. The zero-order valence-corrected chi connectivity index (χ0v) is 27.6. The topological polar surface area (TPSA) is 139 Å². The Hall–Kier alpha value is -2.99. The van der Waals surface area contributed by atoms with Crippen molar-refractivity contribution in [2.45, 2.75) is 26.7 Å². The minimum Gasteiger partial charge on any atom is -0.446 e. The number of thioether (sulfide) groups is 2. The van der Waals surface area contributed by atoms with Crippen molar-refractivity contribution < 1.29 is 32.4 Å². The monoisotopic (exact) mass is 672 g/mol. The van der Waals surface area contributed by atoms with Gasteiger partial charge in [0.25, 0.3) is 0 Å². The molecule has 0 bridgehead atoms. The molecule has 4 aromatic rings. The fourth-order valence-electron chi connectivity index (χ4n) is 4.18. The number of ketones is 1. The highest BCUT2D eigenvalue weighted by Crippen LogP contribution is 2.48. The molecule has 9 nitrogen and oxygen atoms in total. The summed E-state index contributed by atoms with van der Waals surface area (Å²) in [6.45, 7) is 3.75. The summed E-state index contributed by atoms with van der Waals surface area (Å²) in [5.74, 6) is 0.372. The number of nitrogens with two attached hydrogens (primary N) is 1. The first-order valence-corrected chi connectivity index (χ1v) is 18.3. The summed E-state index contributed by atoms with van der Waals surface area (Å²) >= 11 is 3.15. The number of Topliss-reactive ketones (excluding diaryl/α,β-unsaturated/α-hetero) is 1. The van der Waals surface area contributed by atoms with Gasteiger partial charge in [0.2, 0.25) is 15.7 Å². The number of anilines is 1. The van der Waals surface area contributed by atoms with Gasteiger partial charge >= 0.3 is 7.60 Å². The molecule has 2 aromatic heterocycles. The van der Waals surface area contributed by atoms with Crippen molar-refractivity contribution in [2.75, 3.05) is 30.5 Å². The van der Waals surface area contributed by atoms with E-state index in [0.29, 0.717) is 28.8 Å². The van der Waals surface area contributed by atoms with Crippen LogP contribution in [0.3, 0.4) is 0 Å². The number of rotatable bonds is 16. The van der Waals surface area contributed by atoms with Crippen LogP contribution in [0.5, 0.6) is 0 Å². The van der Waals surface area contributed by atoms with Gasteiger partial charge < -0.3 is 19.2 Å². The van der Waals surface area contributed by atoms with E-state index in [4.69, 9.17) is 19.2 Å². The van der Waals surface area contributed by atoms with E-state index >= 15 is 0 Å². The summed E-state index contributed by atoms with van der Waals surface area (Å²) < 4.78 is 31.6. The molecule has 4 rings (SSSR count). The lowest BCUT2D eigenvalue weighted by Crippen LogP contribution is -2.13. The SMILES string of the molecule is CCC(CC)C(=O)c1sc(N)nc1-c1ccc(P(=O)(OCCSC(=O)c2ccccc2)OCCSC(=O)c2ccccc2)o1. The first kappa shape index (κ1) is 33.9. The molecular weight excluding hydrogens is 640 g/mol. The Morgan fingerprint density at radius 2 is 1.39 bits per heavy atom. The molecule has 0 radical (unpaired) electrons. The average Bonchev–Trinajstić information content (AvgIpc) is 3.70. The molecule has 0 saturated carbocycles. The van der Waals surface area contributed by atoms with Gasteiger partial charge in [-0.1, -0.05) is 109 Å². The number of aromatic nitrogens is 1. The summed E-state index contributed by atoms with van der Waals surface area (Å²) in [6.07, 6.45) is 1.34. The predicted molar refractivity (Wildman–Crippen MR) is 178 cm³/mol. The van der Waals surface area contributed by atoms with Crippen LogP contribution in [0.2, 0.25) is 0 Å². The molecule has 0 aliphatic carbocycles. The molecule has 0 saturated heterocycles. The number of benzene rings is 2. The van der Waals surface area contributed by atoms with Crippen molar-refractivity contribution in [2.24, 2.45) is 5.92 Å². The third kappa shape index (κ3) is 8.80. The third-order valence-corrected chi connectivity index (χ3v) is 11.0. The van der Waals surface area contributed by atoms with E-state index in [-0.39, 0.29) is 68.7 Å². The van der Waals surface area contributed by atoms with Gasteiger partial charge in [-0.05, 0) is 25.0 Å². The van der Waals surface area contributed by atoms with Crippen LogP contribution >= 0.6 is 42.5 Å². The Balaban J connectivity index is 1.49. The molecule has 0 aliphatic heterocycles. The van der Waals surface area contributed by atoms with Gasteiger partial charge in [-0.25, -0.2) is 4.98 Å². The lowest BCUT2D eigenvalue weighted by molar-refractivity contribution is 0.0917. The summed E-state index contributed by atoms with van der Waals surface area (Å²) in [4.78, 5) is 42.9. The van der Waals surface area contributed by atoms with E-state index in [2.05, 4.69) is 4.98 Å². The number of hydrogen-bond donors (Lipinski definition) is 1. The first-order valence-electron chi connectivity index (χ1n) is 14.0. The van der Waals surface area contributed by atoms with Gasteiger partial charge in [0.1, 0.15) is 10.6 Å². The quantitative estimate of drug-likeness (QED) is 0.0715. The second-order valence-corrected chi connectivity index (χ2v) is 14.5. The van der Waals surface area contributed by atoms with E-state index in [9.17, 15) is 18.9 Å². The standard InChI is InChI=1S/C31H33N2O7PS3/c1-3-21(4-2)27(34)28-26(33-31(32)44-28)24-15-16-25(40-24)41(37,38-17-19-42-29(35)22-11-7-5-8-12-22)39-18-20-43-30(36)23-13-9-6-10-14-23/h5-16,21H,3-4,17-20H2,1-2H3,(H2,32,33). The molecule has 0 fully saturated rings. The lowest BCUT2D eigenvalue weighted by atomic mass is 9.96. The zero-order valence-electron chi connectivity index (χ0n) is 24.3. The van der Waals surface area contributed by atoms with E-state index in [1.165, 1.54) is 6.07 Å². The van der Waals surface area contributed by atoms with Gasteiger partial charge in [-0.2, -0.15) is 0 Å². The number of nitrogen functional groups attached to an aromatic ring is 1. The first-order chi connectivity index (χ1) is 21.3. The number of furan rings is 1. The van der Waals surface area contributed by atoms with Crippen LogP contribution in [0.4, 0.5) is 5.13 Å². The molecular formula is C31H33N2O7PS3. The smallest absolute Gasteiger partial charge is 0.396 e.